The molecule has 0 atom stereocenters. The van der Waals surface area contributed by atoms with Crippen molar-refractivity contribution in [2.45, 2.75) is 6.54 Å². The maximum absolute atomic E-state index is 11.8. The second kappa shape index (κ2) is 7.00. The molecule has 2 aromatic carbocycles. The van der Waals surface area contributed by atoms with Crippen LogP contribution in [0, 0.1) is 0 Å². The quantitative estimate of drug-likeness (QED) is 0.676. The van der Waals surface area contributed by atoms with Crippen LogP contribution in [0.25, 0.3) is 11.4 Å². The van der Waals surface area contributed by atoms with E-state index in [1.807, 2.05) is 59.2 Å². The summed E-state index contributed by atoms with van der Waals surface area (Å²) in [5, 5.41) is 0. The highest BCUT2D eigenvalue weighted by molar-refractivity contribution is 5.87. The second-order valence-corrected chi connectivity index (χ2v) is 5.28. The summed E-state index contributed by atoms with van der Waals surface area (Å²) in [7, 11) is 2.98. The number of nitrogens with zero attached hydrogens (tertiary/aromatic N) is 2. The molecule has 24 heavy (non-hydrogen) atoms. The van der Waals surface area contributed by atoms with Gasteiger partial charge in [0.2, 0.25) is 0 Å². The molecule has 5 heteroatoms. The fraction of sp³-hybridized carbons (Fsp3) is 0.158. The van der Waals surface area contributed by atoms with Crippen molar-refractivity contribution in [3.05, 3.63) is 72.1 Å². The lowest BCUT2D eigenvalue weighted by molar-refractivity contribution is 0.0594. The van der Waals surface area contributed by atoms with Crippen LogP contribution in [0.2, 0.25) is 0 Å². The molecular weight excluding hydrogens is 304 g/mol. The third-order valence-electron chi connectivity index (χ3n) is 3.72. The molecule has 0 unspecified atom stereocenters. The molecule has 0 aliphatic carbocycles. The van der Waals surface area contributed by atoms with Gasteiger partial charge in [-0.2, -0.15) is 0 Å². The van der Waals surface area contributed by atoms with E-state index in [1.165, 1.54) is 7.11 Å². The Kier molecular flexibility index (Phi) is 4.61. The van der Waals surface area contributed by atoms with Gasteiger partial charge in [-0.15, -0.1) is 0 Å². The molecule has 122 valence electrons. The molecule has 0 aliphatic rings. The minimum absolute atomic E-state index is 0.291. The number of hydrogen-bond donors (Lipinski definition) is 0. The van der Waals surface area contributed by atoms with Gasteiger partial charge in [-0.1, -0.05) is 30.3 Å². The molecule has 0 N–H and O–H groups in total. The van der Waals surface area contributed by atoms with Crippen LogP contribution in [-0.2, 0) is 11.3 Å². The van der Waals surface area contributed by atoms with Crippen molar-refractivity contribution in [1.29, 1.82) is 0 Å². The number of aromatic nitrogens is 2. The zero-order chi connectivity index (χ0) is 16.9. The van der Waals surface area contributed by atoms with Gasteiger partial charge >= 0.3 is 5.97 Å². The number of rotatable bonds is 5. The van der Waals surface area contributed by atoms with E-state index < -0.39 is 5.97 Å². The average Bonchev–Trinajstić information content (AvgIpc) is 3.05. The molecule has 1 aromatic heterocycles. The summed E-state index contributed by atoms with van der Waals surface area (Å²) in [6.45, 7) is 0.617. The van der Waals surface area contributed by atoms with Crippen LogP contribution in [0.5, 0.6) is 5.75 Å². The van der Waals surface area contributed by atoms with E-state index >= 15 is 0 Å². The summed E-state index contributed by atoms with van der Waals surface area (Å²) < 4.78 is 11.9. The van der Waals surface area contributed by atoms with Crippen molar-refractivity contribution in [2.75, 3.05) is 14.2 Å². The third-order valence-corrected chi connectivity index (χ3v) is 3.72. The molecule has 0 bridgehead atoms. The topological polar surface area (TPSA) is 53.4 Å². The zero-order valence-corrected chi connectivity index (χ0v) is 13.6. The molecule has 0 saturated carbocycles. The molecule has 0 spiro atoms. The minimum Gasteiger partial charge on any atom is -0.497 e. The third kappa shape index (κ3) is 3.30. The SMILES string of the molecule is COC(=O)c1cn(Cc2ccccc2)c(-c2ccc(OC)cc2)n1. The summed E-state index contributed by atoms with van der Waals surface area (Å²) in [5.41, 5.74) is 2.32. The van der Waals surface area contributed by atoms with E-state index in [-0.39, 0.29) is 0 Å². The number of carbonyl (C=O) groups is 1. The van der Waals surface area contributed by atoms with Gasteiger partial charge in [0.15, 0.2) is 5.69 Å². The van der Waals surface area contributed by atoms with Crippen molar-refractivity contribution in [3.8, 4) is 17.1 Å². The fourth-order valence-corrected chi connectivity index (χ4v) is 2.49. The fourth-order valence-electron chi connectivity index (χ4n) is 2.49. The Bertz CT molecular complexity index is 824. The van der Waals surface area contributed by atoms with E-state index in [1.54, 1.807) is 13.3 Å². The average molecular weight is 322 g/mol. The number of imidazole rings is 1. The van der Waals surface area contributed by atoms with E-state index in [2.05, 4.69) is 4.98 Å². The van der Waals surface area contributed by atoms with Crippen molar-refractivity contribution >= 4 is 5.97 Å². The molecule has 3 rings (SSSR count). The van der Waals surface area contributed by atoms with Crippen LogP contribution in [0.1, 0.15) is 16.1 Å². The number of ether oxygens (including phenoxy) is 2. The smallest absolute Gasteiger partial charge is 0.358 e. The highest BCUT2D eigenvalue weighted by atomic mass is 16.5. The normalized spacial score (nSPS) is 10.4. The molecule has 1 heterocycles. The largest absolute Gasteiger partial charge is 0.497 e. The first-order valence-corrected chi connectivity index (χ1v) is 7.55. The van der Waals surface area contributed by atoms with E-state index in [9.17, 15) is 4.79 Å². The lowest BCUT2D eigenvalue weighted by atomic mass is 10.2. The molecular formula is C19H18N2O3. The first-order valence-electron chi connectivity index (χ1n) is 7.55. The molecule has 0 saturated heterocycles. The van der Waals surface area contributed by atoms with Gasteiger partial charge in [0.25, 0.3) is 0 Å². The highest BCUT2D eigenvalue weighted by Gasteiger charge is 2.16. The second-order valence-electron chi connectivity index (χ2n) is 5.28. The van der Waals surface area contributed by atoms with Crippen molar-refractivity contribution < 1.29 is 14.3 Å². The van der Waals surface area contributed by atoms with Gasteiger partial charge in [-0.25, -0.2) is 9.78 Å². The van der Waals surface area contributed by atoms with Gasteiger partial charge in [0.1, 0.15) is 11.6 Å². The summed E-state index contributed by atoms with van der Waals surface area (Å²) in [4.78, 5) is 16.3. The maximum Gasteiger partial charge on any atom is 0.358 e. The van der Waals surface area contributed by atoms with Crippen molar-refractivity contribution in [1.82, 2.24) is 9.55 Å². The standard InChI is InChI=1S/C19H18N2O3/c1-23-16-10-8-15(9-11-16)18-20-17(19(22)24-2)13-21(18)12-14-6-4-3-5-7-14/h3-11,13H,12H2,1-2H3. The Morgan fingerprint density at radius 1 is 1.04 bits per heavy atom. The maximum atomic E-state index is 11.8. The lowest BCUT2D eigenvalue weighted by Gasteiger charge is -2.08. The Labute approximate surface area is 140 Å². The van der Waals surface area contributed by atoms with Crippen LogP contribution < -0.4 is 4.74 Å². The Morgan fingerprint density at radius 2 is 1.75 bits per heavy atom. The molecule has 0 fully saturated rings. The number of esters is 1. The van der Waals surface area contributed by atoms with E-state index in [0.717, 1.165) is 16.9 Å². The molecule has 0 amide bonds. The van der Waals surface area contributed by atoms with Crippen LogP contribution >= 0.6 is 0 Å². The lowest BCUT2D eigenvalue weighted by Crippen LogP contribution is -2.01. The van der Waals surface area contributed by atoms with Gasteiger partial charge in [0.05, 0.1) is 14.2 Å². The summed E-state index contributed by atoms with van der Waals surface area (Å²) in [6, 6.07) is 17.6. The predicted molar refractivity (Wildman–Crippen MR) is 91.1 cm³/mol. The Hall–Kier alpha value is -3.08. The summed E-state index contributed by atoms with van der Waals surface area (Å²) >= 11 is 0. The Balaban J connectivity index is 2.01. The number of methoxy groups -OCH3 is 2. The molecule has 0 radical (unpaired) electrons. The summed E-state index contributed by atoms with van der Waals surface area (Å²) in [6.07, 6.45) is 1.72. The number of hydrogen-bond acceptors (Lipinski definition) is 4. The number of carbonyl (C=O) groups excluding carboxylic acids is 1. The van der Waals surface area contributed by atoms with Crippen LogP contribution in [0.15, 0.2) is 60.8 Å². The highest BCUT2D eigenvalue weighted by Crippen LogP contribution is 2.23. The van der Waals surface area contributed by atoms with Crippen molar-refractivity contribution in [3.63, 3.8) is 0 Å². The van der Waals surface area contributed by atoms with E-state index in [4.69, 9.17) is 9.47 Å². The van der Waals surface area contributed by atoms with Gasteiger partial charge in [-0.3, -0.25) is 0 Å². The zero-order valence-electron chi connectivity index (χ0n) is 13.6. The van der Waals surface area contributed by atoms with Gasteiger partial charge < -0.3 is 14.0 Å². The van der Waals surface area contributed by atoms with Crippen LogP contribution in [0.4, 0.5) is 0 Å². The van der Waals surface area contributed by atoms with Crippen LogP contribution in [-0.4, -0.2) is 29.7 Å². The Morgan fingerprint density at radius 3 is 2.38 bits per heavy atom. The first-order chi connectivity index (χ1) is 11.7. The minimum atomic E-state index is -0.448. The summed E-state index contributed by atoms with van der Waals surface area (Å²) in [5.74, 6) is 1.03. The monoisotopic (exact) mass is 322 g/mol. The number of benzene rings is 2. The van der Waals surface area contributed by atoms with Gasteiger partial charge in [-0.05, 0) is 29.8 Å². The molecule has 5 nitrogen and oxygen atoms in total. The van der Waals surface area contributed by atoms with Gasteiger partial charge in [0, 0.05) is 18.3 Å². The van der Waals surface area contributed by atoms with Crippen LogP contribution in [0.3, 0.4) is 0 Å². The predicted octanol–water partition coefficient (Wildman–Crippen LogP) is 3.39. The molecule has 3 aromatic rings. The van der Waals surface area contributed by atoms with Crippen molar-refractivity contribution in [2.24, 2.45) is 0 Å². The first kappa shape index (κ1) is 15.8. The van der Waals surface area contributed by atoms with E-state index in [0.29, 0.717) is 18.1 Å². The molecule has 0 aliphatic heterocycles.